The zero-order valence-electron chi connectivity index (χ0n) is 9.40. The smallest absolute Gasteiger partial charge is 0.237 e. The molecule has 1 aliphatic heterocycles. The van der Waals surface area contributed by atoms with Gasteiger partial charge < -0.3 is 26.3 Å². The van der Waals surface area contributed by atoms with Gasteiger partial charge in [-0.15, -0.1) is 0 Å². The molecule has 92 valence electrons. The second-order valence-corrected chi connectivity index (χ2v) is 4.31. The number of primary amides is 1. The number of amides is 1. The first-order chi connectivity index (χ1) is 7.51. The van der Waals surface area contributed by atoms with E-state index < -0.39 is 23.6 Å². The van der Waals surface area contributed by atoms with E-state index in [1.54, 1.807) is 0 Å². The van der Waals surface area contributed by atoms with Gasteiger partial charge >= 0.3 is 0 Å². The monoisotopic (exact) mass is 229 g/mol. The van der Waals surface area contributed by atoms with Crippen molar-refractivity contribution in [3.63, 3.8) is 0 Å². The molecule has 0 aromatic carbocycles. The summed E-state index contributed by atoms with van der Waals surface area (Å²) in [6, 6.07) is -0.820. The molecule has 16 heavy (non-hydrogen) atoms. The Bertz CT molecular complexity index is 262. The molecule has 0 radical (unpaired) electrons. The third-order valence-electron chi connectivity index (χ3n) is 2.93. The number of carbonyl (C=O) groups excluding carboxylic acids is 2. The Hall–Kier alpha value is -0.980. The summed E-state index contributed by atoms with van der Waals surface area (Å²) >= 11 is 0. The number of rotatable bonds is 6. The summed E-state index contributed by atoms with van der Waals surface area (Å²) in [5.74, 6) is -0.617. The molecule has 1 amide bonds. The van der Waals surface area contributed by atoms with Crippen molar-refractivity contribution in [3.05, 3.63) is 0 Å². The molecule has 1 heterocycles. The van der Waals surface area contributed by atoms with E-state index in [4.69, 9.17) is 5.73 Å². The summed E-state index contributed by atoms with van der Waals surface area (Å²) in [6.45, 7) is 2.57. The standard InChI is InChI=1S/C10H19N3O3/c1-7(15)8(9(11)16)12-5-10(6-14)3-2-4-13-10/h6-8,12-13,15H,2-5H2,1H3,(H2,11,16)/t7?,8-,10-/m0/s1. The molecular formula is C10H19N3O3. The van der Waals surface area contributed by atoms with Crippen LogP contribution in [0.15, 0.2) is 0 Å². The van der Waals surface area contributed by atoms with E-state index in [9.17, 15) is 14.7 Å². The molecule has 0 aromatic heterocycles. The molecule has 0 aliphatic carbocycles. The molecule has 6 heteroatoms. The first kappa shape index (κ1) is 13.1. The first-order valence-corrected chi connectivity index (χ1v) is 5.43. The highest BCUT2D eigenvalue weighted by molar-refractivity contribution is 5.80. The molecule has 0 aromatic rings. The fourth-order valence-electron chi connectivity index (χ4n) is 1.92. The predicted molar refractivity (Wildman–Crippen MR) is 58.7 cm³/mol. The molecule has 0 saturated carbocycles. The average Bonchev–Trinajstić information content (AvgIpc) is 2.66. The lowest BCUT2D eigenvalue weighted by molar-refractivity contribution is -0.123. The number of carbonyl (C=O) groups is 2. The third-order valence-corrected chi connectivity index (χ3v) is 2.93. The summed E-state index contributed by atoms with van der Waals surface area (Å²) in [6.07, 6.45) is 1.64. The molecule has 3 atom stereocenters. The second-order valence-electron chi connectivity index (χ2n) is 4.31. The van der Waals surface area contributed by atoms with E-state index >= 15 is 0 Å². The number of nitrogens with two attached hydrogens (primary N) is 1. The number of aldehydes is 1. The maximum absolute atomic E-state index is 11.0. The first-order valence-electron chi connectivity index (χ1n) is 5.43. The number of aliphatic hydroxyl groups is 1. The fraction of sp³-hybridized carbons (Fsp3) is 0.800. The van der Waals surface area contributed by atoms with Gasteiger partial charge in [-0.3, -0.25) is 4.79 Å². The van der Waals surface area contributed by atoms with Crippen LogP contribution in [-0.2, 0) is 9.59 Å². The van der Waals surface area contributed by atoms with E-state index in [0.29, 0.717) is 6.54 Å². The lowest BCUT2D eigenvalue weighted by Gasteiger charge is -2.26. The van der Waals surface area contributed by atoms with Crippen molar-refractivity contribution in [2.75, 3.05) is 13.1 Å². The van der Waals surface area contributed by atoms with Crippen molar-refractivity contribution in [3.8, 4) is 0 Å². The number of hydrogen-bond donors (Lipinski definition) is 4. The van der Waals surface area contributed by atoms with Crippen LogP contribution in [0.3, 0.4) is 0 Å². The van der Waals surface area contributed by atoms with Crippen molar-refractivity contribution >= 4 is 12.2 Å². The molecule has 1 fully saturated rings. The van der Waals surface area contributed by atoms with Gasteiger partial charge in [0.05, 0.1) is 11.6 Å². The van der Waals surface area contributed by atoms with Crippen LogP contribution in [-0.4, -0.2) is 48.1 Å². The van der Waals surface area contributed by atoms with Gasteiger partial charge in [0, 0.05) is 6.54 Å². The minimum absolute atomic E-state index is 0.301. The quantitative estimate of drug-likeness (QED) is 0.399. The Kier molecular flexibility index (Phi) is 4.40. The van der Waals surface area contributed by atoms with Crippen LogP contribution in [0.4, 0.5) is 0 Å². The van der Waals surface area contributed by atoms with Crippen molar-refractivity contribution in [2.24, 2.45) is 5.73 Å². The van der Waals surface area contributed by atoms with E-state index in [1.807, 2.05) is 0 Å². The Labute approximate surface area is 94.6 Å². The van der Waals surface area contributed by atoms with E-state index in [0.717, 1.165) is 25.7 Å². The van der Waals surface area contributed by atoms with Crippen molar-refractivity contribution in [1.82, 2.24) is 10.6 Å². The van der Waals surface area contributed by atoms with Crippen LogP contribution in [0, 0.1) is 0 Å². The maximum atomic E-state index is 11.0. The van der Waals surface area contributed by atoms with Crippen LogP contribution in [0.1, 0.15) is 19.8 Å². The summed E-state index contributed by atoms with van der Waals surface area (Å²) in [4.78, 5) is 22.0. The maximum Gasteiger partial charge on any atom is 0.237 e. The van der Waals surface area contributed by atoms with Gasteiger partial charge in [0.15, 0.2) is 0 Å². The van der Waals surface area contributed by atoms with Crippen LogP contribution in [0.25, 0.3) is 0 Å². The minimum Gasteiger partial charge on any atom is -0.391 e. The molecule has 0 spiro atoms. The van der Waals surface area contributed by atoms with Crippen molar-refractivity contribution in [2.45, 2.75) is 37.5 Å². The summed E-state index contributed by atoms with van der Waals surface area (Å²) in [5.41, 5.74) is 4.51. The molecular weight excluding hydrogens is 210 g/mol. The molecule has 6 nitrogen and oxygen atoms in total. The molecule has 0 bridgehead atoms. The van der Waals surface area contributed by atoms with Gasteiger partial charge in [-0.1, -0.05) is 0 Å². The third kappa shape index (κ3) is 3.01. The Morgan fingerprint density at radius 1 is 1.75 bits per heavy atom. The van der Waals surface area contributed by atoms with Crippen LogP contribution < -0.4 is 16.4 Å². The number of hydrogen-bond acceptors (Lipinski definition) is 5. The normalized spacial score (nSPS) is 28.6. The Morgan fingerprint density at radius 2 is 2.44 bits per heavy atom. The van der Waals surface area contributed by atoms with E-state index in [2.05, 4.69) is 10.6 Å². The van der Waals surface area contributed by atoms with Gasteiger partial charge in [-0.25, -0.2) is 0 Å². The SMILES string of the molecule is CC(O)[C@H](NC[C@]1(C=O)CCCN1)C(N)=O. The van der Waals surface area contributed by atoms with Gasteiger partial charge in [0.2, 0.25) is 5.91 Å². The fourth-order valence-corrected chi connectivity index (χ4v) is 1.92. The topological polar surface area (TPSA) is 104 Å². The molecule has 1 saturated heterocycles. The van der Waals surface area contributed by atoms with Crippen LogP contribution >= 0.6 is 0 Å². The average molecular weight is 229 g/mol. The minimum atomic E-state index is -0.873. The molecule has 1 aliphatic rings. The lowest BCUT2D eigenvalue weighted by Crippen LogP contribution is -2.57. The molecule has 1 unspecified atom stereocenters. The van der Waals surface area contributed by atoms with Crippen LogP contribution in [0.5, 0.6) is 0 Å². The predicted octanol–water partition coefficient (Wildman–Crippen LogP) is -1.87. The summed E-state index contributed by atoms with van der Waals surface area (Å²) < 4.78 is 0. The van der Waals surface area contributed by atoms with Gasteiger partial charge in [0.1, 0.15) is 12.3 Å². The van der Waals surface area contributed by atoms with Gasteiger partial charge in [-0.2, -0.15) is 0 Å². The van der Waals surface area contributed by atoms with Gasteiger partial charge in [-0.05, 0) is 26.3 Å². The van der Waals surface area contributed by atoms with Gasteiger partial charge in [0.25, 0.3) is 0 Å². The zero-order valence-corrected chi connectivity index (χ0v) is 9.40. The zero-order chi connectivity index (χ0) is 12.2. The second kappa shape index (κ2) is 5.38. The lowest BCUT2D eigenvalue weighted by atomic mass is 9.98. The highest BCUT2D eigenvalue weighted by Gasteiger charge is 2.34. The number of aliphatic hydroxyl groups excluding tert-OH is 1. The Balaban J connectivity index is 2.53. The van der Waals surface area contributed by atoms with Crippen molar-refractivity contribution < 1.29 is 14.7 Å². The number of nitrogens with one attached hydrogen (secondary N) is 2. The summed E-state index contributed by atoms with van der Waals surface area (Å²) in [7, 11) is 0. The van der Waals surface area contributed by atoms with Crippen LogP contribution in [0.2, 0.25) is 0 Å². The largest absolute Gasteiger partial charge is 0.391 e. The molecule has 1 rings (SSSR count). The highest BCUT2D eigenvalue weighted by Crippen LogP contribution is 2.16. The van der Waals surface area contributed by atoms with E-state index in [1.165, 1.54) is 6.92 Å². The van der Waals surface area contributed by atoms with E-state index in [-0.39, 0.29) is 0 Å². The molecule has 5 N–H and O–H groups in total. The highest BCUT2D eigenvalue weighted by atomic mass is 16.3. The Morgan fingerprint density at radius 3 is 2.81 bits per heavy atom. The summed E-state index contributed by atoms with van der Waals surface area (Å²) in [5, 5.41) is 15.3. The van der Waals surface area contributed by atoms with Crippen molar-refractivity contribution in [1.29, 1.82) is 0 Å².